The molecule has 0 amide bonds. The molecular formula is C9H8ClF3N2O2S. The number of carbonyl (C=O) groups is 1. The van der Waals surface area contributed by atoms with E-state index >= 15 is 0 Å². The number of alkyl halides is 3. The van der Waals surface area contributed by atoms with Crippen molar-refractivity contribution in [2.24, 2.45) is 0 Å². The topological polar surface area (TPSA) is 53.4 Å². The second kappa shape index (κ2) is 4.58. The molecule has 0 bridgehead atoms. The summed E-state index contributed by atoms with van der Waals surface area (Å²) in [6, 6.07) is -0.226. The number of aromatic nitrogens is 1. The van der Waals surface area contributed by atoms with Crippen LogP contribution in [0.25, 0.3) is 0 Å². The fourth-order valence-electron chi connectivity index (χ4n) is 1.48. The summed E-state index contributed by atoms with van der Waals surface area (Å²) >= 11 is 6.26. The average molecular weight is 301 g/mol. The average Bonchev–Trinajstić information content (AvgIpc) is 2.96. The van der Waals surface area contributed by atoms with Gasteiger partial charge >= 0.3 is 12.1 Å². The number of hydrogen-bond donors (Lipinski definition) is 1. The van der Waals surface area contributed by atoms with E-state index in [1.807, 2.05) is 0 Å². The Kier molecular flexibility index (Phi) is 3.41. The van der Waals surface area contributed by atoms with Crippen molar-refractivity contribution in [1.82, 2.24) is 4.98 Å². The first kappa shape index (κ1) is 13.4. The number of carboxylic acids is 1. The predicted octanol–water partition coefficient (Wildman–Crippen LogP) is 3.03. The molecule has 0 aliphatic heterocycles. The third-order valence-corrected chi connectivity index (χ3v) is 3.82. The molecule has 0 atom stereocenters. The number of nitrogens with zero attached hydrogens (tertiary/aromatic N) is 2. The van der Waals surface area contributed by atoms with E-state index in [4.69, 9.17) is 16.7 Å². The van der Waals surface area contributed by atoms with E-state index in [0.717, 1.165) is 4.90 Å². The molecule has 2 rings (SSSR count). The number of halogens is 4. The highest BCUT2D eigenvalue weighted by Crippen LogP contribution is 2.38. The van der Waals surface area contributed by atoms with Crippen molar-refractivity contribution in [2.45, 2.75) is 25.1 Å². The molecule has 4 nitrogen and oxygen atoms in total. The number of hydrogen-bond acceptors (Lipinski definition) is 4. The van der Waals surface area contributed by atoms with Gasteiger partial charge in [-0.1, -0.05) is 22.9 Å². The Morgan fingerprint density at radius 2 is 2.17 bits per heavy atom. The molecule has 1 heterocycles. The Hall–Kier alpha value is -1.02. The Morgan fingerprint density at radius 1 is 1.56 bits per heavy atom. The van der Waals surface area contributed by atoms with Gasteiger partial charge in [-0.05, 0) is 12.8 Å². The lowest BCUT2D eigenvalue weighted by molar-refractivity contribution is -0.120. The summed E-state index contributed by atoms with van der Waals surface area (Å²) in [5, 5.41) is 8.54. The molecule has 1 aliphatic carbocycles. The molecule has 0 saturated heterocycles. The van der Waals surface area contributed by atoms with Crippen molar-refractivity contribution in [2.75, 3.05) is 11.4 Å². The van der Waals surface area contributed by atoms with Crippen molar-refractivity contribution in [1.29, 1.82) is 0 Å². The van der Waals surface area contributed by atoms with Crippen LogP contribution in [0.15, 0.2) is 0 Å². The van der Waals surface area contributed by atoms with Crippen LogP contribution in [0.5, 0.6) is 0 Å². The van der Waals surface area contributed by atoms with Gasteiger partial charge in [0.05, 0.1) is 0 Å². The van der Waals surface area contributed by atoms with Crippen LogP contribution in [0.2, 0.25) is 5.15 Å². The number of rotatable bonds is 4. The zero-order chi connectivity index (χ0) is 13.5. The molecule has 1 saturated carbocycles. The molecule has 1 aliphatic rings. The van der Waals surface area contributed by atoms with Crippen LogP contribution >= 0.6 is 22.9 Å². The lowest BCUT2D eigenvalue weighted by Gasteiger charge is -2.22. The summed E-state index contributed by atoms with van der Waals surface area (Å²) in [6.07, 6.45) is -3.06. The predicted molar refractivity (Wildman–Crippen MR) is 60.5 cm³/mol. The molecule has 1 aromatic heterocycles. The van der Waals surface area contributed by atoms with E-state index in [1.54, 1.807) is 0 Å². The fourth-order valence-corrected chi connectivity index (χ4v) is 2.67. The summed E-state index contributed by atoms with van der Waals surface area (Å²) in [5.74, 6) is -1.29. The molecule has 1 N–H and O–H groups in total. The maximum atomic E-state index is 12.4. The van der Waals surface area contributed by atoms with E-state index in [1.165, 1.54) is 0 Å². The van der Waals surface area contributed by atoms with Crippen LogP contribution in [-0.4, -0.2) is 34.8 Å². The first-order valence-electron chi connectivity index (χ1n) is 5.01. The highest BCUT2D eigenvalue weighted by atomic mass is 35.5. The largest absolute Gasteiger partial charge is 0.477 e. The standard InChI is InChI=1S/C9H8ClF3N2O2S/c10-6-5(7(16)17)18-8(14-6)15(4-1-2-4)3-9(11,12)13/h4H,1-3H2,(H,16,17). The third-order valence-electron chi connectivity index (χ3n) is 2.35. The molecule has 1 fully saturated rings. The van der Waals surface area contributed by atoms with Gasteiger partial charge in [-0.25, -0.2) is 9.78 Å². The van der Waals surface area contributed by atoms with Gasteiger partial charge in [-0.3, -0.25) is 0 Å². The second-order valence-corrected chi connectivity index (χ2v) is 5.23. The van der Waals surface area contributed by atoms with Crippen molar-refractivity contribution < 1.29 is 23.1 Å². The zero-order valence-electron chi connectivity index (χ0n) is 8.87. The van der Waals surface area contributed by atoms with Crippen molar-refractivity contribution in [3.8, 4) is 0 Å². The third kappa shape index (κ3) is 3.05. The maximum Gasteiger partial charge on any atom is 0.406 e. The number of aromatic carboxylic acids is 1. The molecule has 0 radical (unpaired) electrons. The van der Waals surface area contributed by atoms with Gasteiger partial charge in [0.15, 0.2) is 15.2 Å². The number of carboxylic acid groups (broad SMARTS) is 1. The maximum absolute atomic E-state index is 12.4. The van der Waals surface area contributed by atoms with Crippen molar-refractivity contribution >= 4 is 34.0 Å². The van der Waals surface area contributed by atoms with E-state index in [-0.39, 0.29) is 21.2 Å². The van der Waals surface area contributed by atoms with Crippen LogP contribution < -0.4 is 4.90 Å². The van der Waals surface area contributed by atoms with E-state index in [9.17, 15) is 18.0 Å². The first-order valence-corrected chi connectivity index (χ1v) is 6.20. The number of thiazole rings is 1. The van der Waals surface area contributed by atoms with E-state index < -0.39 is 18.7 Å². The normalized spacial score (nSPS) is 15.8. The lowest BCUT2D eigenvalue weighted by Crippen LogP contribution is -2.35. The monoisotopic (exact) mass is 300 g/mol. The Morgan fingerprint density at radius 3 is 2.56 bits per heavy atom. The van der Waals surface area contributed by atoms with E-state index in [2.05, 4.69) is 4.98 Å². The summed E-state index contributed by atoms with van der Waals surface area (Å²) in [4.78, 5) is 15.3. The quantitative estimate of drug-likeness (QED) is 0.928. The smallest absolute Gasteiger partial charge is 0.406 e. The van der Waals surface area contributed by atoms with Gasteiger partial charge in [0.25, 0.3) is 0 Å². The minimum absolute atomic E-state index is 0.0113. The Labute approximate surface area is 109 Å². The highest BCUT2D eigenvalue weighted by molar-refractivity contribution is 7.18. The van der Waals surface area contributed by atoms with E-state index in [0.29, 0.717) is 24.2 Å². The number of anilines is 1. The van der Waals surface area contributed by atoms with Gasteiger partial charge in [-0.15, -0.1) is 0 Å². The van der Waals surface area contributed by atoms with Gasteiger partial charge < -0.3 is 10.0 Å². The van der Waals surface area contributed by atoms with Crippen LogP contribution in [0.3, 0.4) is 0 Å². The lowest BCUT2D eigenvalue weighted by atomic mass is 10.5. The summed E-state index contributed by atoms with van der Waals surface area (Å²) in [6.45, 7) is -1.14. The first-order chi connectivity index (χ1) is 8.28. The Bertz CT molecular complexity index is 473. The zero-order valence-corrected chi connectivity index (χ0v) is 10.4. The molecule has 0 unspecified atom stereocenters. The Balaban J connectivity index is 2.26. The molecular weight excluding hydrogens is 293 g/mol. The van der Waals surface area contributed by atoms with Crippen LogP contribution in [0.1, 0.15) is 22.5 Å². The molecule has 0 spiro atoms. The van der Waals surface area contributed by atoms with Gasteiger partial charge in [0, 0.05) is 6.04 Å². The fraction of sp³-hybridized carbons (Fsp3) is 0.556. The van der Waals surface area contributed by atoms with Crippen LogP contribution in [0.4, 0.5) is 18.3 Å². The summed E-state index contributed by atoms with van der Waals surface area (Å²) in [7, 11) is 0. The van der Waals surface area contributed by atoms with Gasteiger partial charge in [-0.2, -0.15) is 13.2 Å². The molecule has 18 heavy (non-hydrogen) atoms. The highest BCUT2D eigenvalue weighted by Gasteiger charge is 2.40. The summed E-state index contributed by atoms with van der Waals surface area (Å²) in [5.41, 5.74) is 0. The second-order valence-electron chi connectivity index (χ2n) is 3.90. The minimum atomic E-state index is -4.36. The van der Waals surface area contributed by atoms with Crippen LogP contribution in [-0.2, 0) is 0 Å². The molecule has 9 heteroatoms. The van der Waals surface area contributed by atoms with Crippen molar-refractivity contribution in [3.63, 3.8) is 0 Å². The molecule has 1 aromatic rings. The van der Waals surface area contributed by atoms with Gasteiger partial charge in [0.1, 0.15) is 6.54 Å². The summed E-state index contributed by atoms with van der Waals surface area (Å²) < 4.78 is 37.3. The van der Waals surface area contributed by atoms with Gasteiger partial charge in [0.2, 0.25) is 0 Å². The SMILES string of the molecule is O=C(O)c1sc(N(CC(F)(F)F)C2CC2)nc1Cl. The minimum Gasteiger partial charge on any atom is -0.477 e. The molecule has 100 valence electrons. The van der Waals surface area contributed by atoms with Crippen LogP contribution in [0, 0.1) is 0 Å². The van der Waals surface area contributed by atoms with Crippen molar-refractivity contribution in [3.05, 3.63) is 10.0 Å². The molecule has 0 aromatic carbocycles.